The highest BCUT2D eigenvalue weighted by molar-refractivity contribution is 7.98. The third-order valence-corrected chi connectivity index (χ3v) is 5.94. The molecule has 158 valence electrons. The molecule has 0 radical (unpaired) electrons. The van der Waals surface area contributed by atoms with Crippen LogP contribution in [-0.4, -0.2) is 21.6 Å². The van der Waals surface area contributed by atoms with Gasteiger partial charge in [-0.15, -0.1) is 0 Å². The number of ether oxygens (including phenoxy) is 1. The first-order valence-electron chi connectivity index (χ1n) is 10.0. The molecule has 0 unspecified atom stereocenters. The summed E-state index contributed by atoms with van der Waals surface area (Å²) in [5.74, 6) is 2.43. The third kappa shape index (κ3) is 3.90. The maximum atomic E-state index is 13.3. The molecule has 0 saturated carbocycles. The van der Waals surface area contributed by atoms with Gasteiger partial charge in [-0.05, 0) is 36.4 Å². The standard InChI is InChI=1S/C25H19N3O3S/c1-30-19-13-11-18(12-14-19)28-24(29)20-9-5-6-10-21(20)27-25(28)32-16-23-26-15-22(31-23)17-7-3-2-4-8-17/h2-15H,16H2,1H3. The second-order valence-electron chi connectivity index (χ2n) is 7.02. The fourth-order valence-corrected chi connectivity index (χ4v) is 4.27. The van der Waals surface area contributed by atoms with Crippen LogP contribution < -0.4 is 10.3 Å². The zero-order valence-electron chi connectivity index (χ0n) is 17.3. The molecule has 32 heavy (non-hydrogen) atoms. The number of methoxy groups -OCH3 is 1. The lowest BCUT2D eigenvalue weighted by atomic mass is 10.2. The van der Waals surface area contributed by atoms with Crippen LogP contribution in [0.4, 0.5) is 0 Å². The van der Waals surface area contributed by atoms with Crippen LogP contribution in [0.5, 0.6) is 5.75 Å². The Labute approximate surface area is 188 Å². The lowest BCUT2D eigenvalue weighted by Gasteiger charge is -2.13. The first kappa shape index (κ1) is 20.1. The summed E-state index contributed by atoms with van der Waals surface area (Å²) in [6, 6.07) is 24.5. The van der Waals surface area contributed by atoms with Crippen molar-refractivity contribution >= 4 is 22.7 Å². The summed E-state index contributed by atoms with van der Waals surface area (Å²) in [6.45, 7) is 0. The summed E-state index contributed by atoms with van der Waals surface area (Å²) in [7, 11) is 1.61. The minimum absolute atomic E-state index is 0.124. The lowest BCUT2D eigenvalue weighted by Crippen LogP contribution is -2.21. The largest absolute Gasteiger partial charge is 0.497 e. The highest BCUT2D eigenvalue weighted by Crippen LogP contribution is 2.27. The minimum atomic E-state index is -0.124. The van der Waals surface area contributed by atoms with E-state index in [0.717, 1.165) is 11.3 Å². The monoisotopic (exact) mass is 441 g/mol. The number of thioether (sulfide) groups is 1. The van der Waals surface area contributed by atoms with E-state index in [-0.39, 0.29) is 5.56 Å². The zero-order chi connectivity index (χ0) is 21.9. The van der Waals surface area contributed by atoms with Gasteiger partial charge in [-0.1, -0.05) is 54.2 Å². The molecule has 0 aliphatic rings. The van der Waals surface area contributed by atoms with Gasteiger partial charge in [0.25, 0.3) is 5.56 Å². The number of oxazole rings is 1. The molecule has 0 amide bonds. The number of nitrogens with zero attached hydrogens (tertiary/aromatic N) is 3. The first-order valence-corrected chi connectivity index (χ1v) is 11.0. The van der Waals surface area contributed by atoms with Gasteiger partial charge in [0, 0.05) is 5.56 Å². The van der Waals surface area contributed by atoms with Crippen molar-refractivity contribution < 1.29 is 9.15 Å². The van der Waals surface area contributed by atoms with Gasteiger partial charge in [0.05, 0.1) is 35.6 Å². The number of para-hydroxylation sites is 1. The Balaban J connectivity index is 1.51. The second kappa shape index (κ2) is 8.72. The van der Waals surface area contributed by atoms with Crippen molar-refractivity contribution in [1.29, 1.82) is 0 Å². The van der Waals surface area contributed by atoms with Gasteiger partial charge in [0.1, 0.15) is 5.75 Å². The lowest BCUT2D eigenvalue weighted by molar-refractivity contribution is 0.414. The van der Waals surface area contributed by atoms with E-state index in [2.05, 4.69) is 4.98 Å². The summed E-state index contributed by atoms with van der Waals surface area (Å²) in [5, 5.41) is 1.13. The molecule has 7 heteroatoms. The molecule has 0 N–H and O–H groups in total. The Kier molecular flexibility index (Phi) is 5.47. The van der Waals surface area contributed by atoms with Crippen LogP contribution >= 0.6 is 11.8 Å². The van der Waals surface area contributed by atoms with Crippen LogP contribution in [0.25, 0.3) is 27.9 Å². The quantitative estimate of drug-likeness (QED) is 0.262. The number of benzene rings is 3. The molecule has 0 aliphatic carbocycles. The molecule has 0 spiro atoms. The Bertz CT molecular complexity index is 1430. The normalized spacial score (nSPS) is 11.0. The number of hydrogen-bond donors (Lipinski definition) is 0. The maximum Gasteiger partial charge on any atom is 0.266 e. The van der Waals surface area contributed by atoms with Crippen LogP contribution in [0.1, 0.15) is 5.89 Å². The van der Waals surface area contributed by atoms with E-state index in [0.29, 0.717) is 39.2 Å². The van der Waals surface area contributed by atoms with E-state index in [9.17, 15) is 4.79 Å². The zero-order valence-corrected chi connectivity index (χ0v) is 18.1. The summed E-state index contributed by atoms with van der Waals surface area (Å²) in [5.41, 5.74) is 2.21. The molecule has 5 rings (SSSR count). The van der Waals surface area contributed by atoms with Crippen LogP contribution in [0.3, 0.4) is 0 Å². The third-order valence-electron chi connectivity index (χ3n) is 5.01. The Morgan fingerprint density at radius 1 is 0.969 bits per heavy atom. The van der Waals surface area contributed by atoms with Gasteiger partial charge < -0.3 is 9.15 Å². The highest BCUT2D eigenvalue weighted by atomic mass is 32.2. The van der Waals surface area contributed by atoms with E-state index in [1.165, 1.54) is 11.8 Å². The molecule has 2 heterocycles. The first-order chi connectivity index (χ1) is 15.7. The van der Waals surface area contributed by atoms with E-state index in [1.807, 2.05) is 72.8 Å². The number of aromatic nitrogens is 3. The smallest absolute Gasteiger partial charge is 0.266 e. The van der Waals surface area contributed by atoms with Gasteiger partial charge in [-0.3, -0.25) is 9.36 Å². The molecule has 0 aliphatic heterocycles. The summed E-state index contributed by atoms with van der Waals surface area (Å²) >= 11 is 1.41. The van der Waals surface area contributed by atoms with Crippen LogP contribution in [0.15, 0.2) is 99.4 Å². The molecule has 2 aromatic heterocycles. The van der Waals surface area contributed by atoms with E-state index in [1.54, 1.807) is 23.9 Å². The summed E-state index contributed by atoms with van der Waals surface area (Å²) < 4.78 is 12.8. The molecule has 6 nitrogen and oxygen atoms in total. The SMILES string of the molecule is COc1ccc(-n2c(SCc3ncc(-c4ccccc4)o3)nc3ccccc3c2=O)cc1. The molecule has 3 aromatic carbocycles. The van der Waals surface area contributed by atoms with Crippen molar-refractivity contribution in [3.63, 3.8) is 0 Å². The number of rotatable bonds is 6. The van der Waals surface area contributed by atoms with Crippen molar-refractivity contribution in [3.8, 4) is 22.8 Å². The number of fused-ring (bicyclic) bond motifs is 1. The van der Waals surface area contributed by atoms with E-state index in [4.69, 9.17) is 14.1 Å². The average Bonchev–Trinajstić information content (AvgIpc) is 3.33. The van der Waals surface area contributed by atoms with Crippen molar-refractivity contribution in [2.75, 3.05) is 7.11 Å². The minimum Gasteiger partial charge on any atom is -0.497 e. The van der Waals surface area contributed by atoms with Crippen molar-refractivity contribution in [3.05, 3.63) is 101 Å². The predicted molar refractivity (Wildman–Crippen MR) is 125 cm³/mol. The van der Waals surface area contributed by atoms with E-state index >= 15 is 0 Å². The van der Waals surface area contributed by atoms with Crippen LogP contribution in [0, 0.1) is 0 Å². The maximum absolute atomic E-state index is 13.3. The van der Waals surface area contributed by atoms with Gasteiger partial charge in [-0.2, -0.15) is 0 Å². The Hall–Kier alpha value is -3.84. The Morgan fingerprint density at radius 3 is 2.50 bits per heavy atom. The van der Waals surface area contributed by atoms with Gasteiger partial charge in [-0.25, -0.2) is 9.97 Å². The molecular formula is C25H19N3O3S. The van der Waals surface area contributed by atoms with Crippen molar-refractivity contribution in [2.24, 2.45) is 0 Å². The van der Waals surface area contributed by atoms with Crippen LogP contribution in [-0.2, 0) is 5.75 Å². The van der Waals surface area contributed by atoms with Gasteiger partial charge in [0.15, 0.2) is 10.9 Å². The van der Waals surface area contributed by atoms with Gasteiger partial charge in [0.2, 0.25) is 5.89 Å². The van der Waals surface area contributed by atoms with Crippen molar-refractivity contribution in [1.82, 2.24) is 14.5 Å². The fraction of sp³-hybridized carbons (Fsp3) is 0.0800. The topological polar surface area (TPSA) is 70.2 Å². The molecule has 0 saturated heterocycles. The summed E-state index contributed by atoms with van der Waals surface area (Å²) in [6.07, 6.45) is 1.72. The molecular weight excluding hydrogens is 422 g/mol. The highest BCUT2D eigenvalue weighted by Gasteiger charge is 2.15. The average molecular weight is 442 g/mol. The Morgan fingerprint density at radius 2 is 1.72 bits per heavy atom. The molecule has 0 atom stereocenters. The molecule has 0 bridgehead atoms. The van der Waals surface area contributed by atoms with E-state index < -0.39 is 0 Å². The second-order valence-corrected chi connectivity index (χ2v) is 7.97. The fourth-order valence-electron chi connectivity index (χ4n) is 3.41. The molecule has 5 aromatic rings. The van der Waals surface area contributed by atoms with Gasteiger partial charge >= 0.3 is 0 Å². The number of hydrogen-bond acceptors (Lipinski definition) is 6. The predicted octanol–water partition coefficient (Wildman–Crippen LogP) is 5.34. The van der Waals surface area contributed by atoms with Crippen LogP contribution in [0.2, 0.25) is 0 Å². The van der Waals surface area contributed by atoms with Crippen molar-refractivity contribution in [2.45, 2.75) is 10.9 Å². The summed E-state index contributed by atoms with van der Waals surface area (Å²) in [4.78, 5) is 22.5. The molecule has 0 fully saturated rings.